The van der Waals surface area contributed by atoms with Crippen molar-refractivity contribution in [2.75, 3.05) is 16.8 Å². The Balaban J connectivity index is 1.28. The molecule has 1 aliphatic carbocycles. The Morgan fingerprint density at radius 3 is 2.45 bits per heavy atom. The Kier molecular flexibility index (Phi) is 7.74. The van der Waals surface area contributed by atoms with Gasteiger partial charge in [0.1, 0.15) is 0 Å². The van der Waals surface area contributed by atoms with Crippen molar-refractivity contribution in [2.45, 2.75) is 19.8 Å². The number of ketones is 1. The number of Topliss-reactive ketones (excluding diaryl/α,β-unsaturated/α-hetero) is 1. The summed E-state index contributed by atoms with van der Waals surface area (Å²) in [5, 5.41) is 13.6. The Labute approximate surface area is 239 Å². The molecule has 42 heavy (non-hydrogen) atoms. The van der Waals surface area contributed by atoms with Crippen LogP contribution in [0.5, 0.6) is 0 Å². The van der Waals surface area contributed by atoms with Crippen molar-refractivity contribution in [1.82, 2.24) is 0 Å². The van der Waals surface area contributed by atoms with Crippen LogP contribution >= 0.6 is 0 Å². The zero-order valence-corrected chi connectivity index (χ0v) is 22.4. The van der Waals surface area contributed by atoms with Gasteiger partial charge in [-0.25, -0.2) is 9.69 Å². The zero-order valence-electron chi connectivity index (χ0n) is 22.4. The quantitative estimate of drug-likeness (QED) is 0.102. The summed E-state index contributed by atoms with van der Waals surface area (Å²) in [6.07, 6.45) is 2.95. The van der Waals surface area contributed by atoms with Gasteiger partial charge in [0.25, 0.3) is 11.6 Å². The summed E-state index contributed by atoms with van der Waals surface area (Å²) in [6.45, 7) is 1.29. The first-order valence-electron chi connectivity index (χ1n) is 13.1. The number of non-ortho nitro benzene ring substituents is 1. The van der Waals surface area contributed by atoms with E-state index < -0.39 is 41.0 Å². The smallest absolute Gasteiger partial charge is 0.338 e. The average Bonchev–Trinajstić information content (AvgIpc) is 3.24. The number of hydrogen-bond acceptors (Lipinski definition) is 8. The Bertz CT molecular complexity index is 1680. The van der Waals surface area contributed by atoms with Gasteiger partial charge in [-0.3, -0.25) is 29.3 Å². The highest BCUT2D eigenvalue weighted by molar-refractivity contribution is 6.25. The number of para-hydroxylation sites is 1. The van der Waals surface area contributed by atoms with E-state index in [0.29, 0.717) is 12.8 Å². The predicted octanol–water partition coefficient (Wildman–Crippen LogP) is 4.73. The van der Waals surface area contributed by atoms with E-state index in [-0.39, 0.29) is 45.6 Å². The number of nitro groups is 1. The number of nitro benzene ring substituents is 1. The van der Waals surface area contributed by atoms with Crippen LogP contribution < -0.4 is 10.2 Å². The van der Waals surface area contributed by atoms with Crippen LogP contribution in [0.1, 0.15) is 50.8 Å². The molecule has 0 radical (unpaired) electrons. The number of hydrogen-bond donors (Lipinski definition) is 1. The third kappa shape index (κ3) is 5.57. The van der Waals surface area contributed by atoms with Gasteiger partial charge in [-0.1, -0.05) is 42.0 Å². The maximum absolute atomic E-state index is 13.3. The molecule has 1 saturated heterocycles. The van der Waals surface area contributed by atoms with Crippen LogP contribution in [0, 0.1) is 22.0 Å². The molecule has 11 nitrogen and oxygen atoms in total. The third-order valence-corrected chi connectivity index (χ3v) is 7.28. The van der Waals surface area contributed by atoms with Crippen LogP contribution in [0.4, 0.5) is 17.1 Å². The van der Waals surface area contributed by atoms with Gasteiger partial charge in [0.05, 0.1) is 33.6 Å². The minimum Gasteiger partial charge on any atom is -0.454 e. The molecule has 1 fully saturated rings. The number of imide groups is 1. The molecule has 0 aromatic heterocycles. The standard InChI is InChI=1S/C31H25N3O8/c1-18-12-13-23-25(14-18)30(38)33(29(23)37)26-11-3-2-10-24(26)28(36)32-21-8-4-7-20(15-21)31(39)42-17-27(35)19-6-5-9-22(16-19)34(40)41/h2-12,15-16,23,25H,13-14,17H2,1H3,(H,32,36)/t23-,25-/m0/s1. The lowest BCUT2D eigenvalue weighted by molar-refractivity contribution is -0.384. The van der Waals surface area contributed by atoms with E-state index in [2.05, 4.69) is 5.32 Å². The predicted molar refractivity (Wildman–Crippen MR) is 151 cm³/mol. The number of rotatable bonds is 8. The first-order valence-corrected chi connectivity index (χ1v) is 13.1. The molecule has 11 heteroatoms. The number of nitrogens with zero attached hydrogens (tertiary/aromatic N) is 2. The molecule has 0 bridgehead atoms. The summed E-state index contributed by atoms with van der Waals surface area (Å²) in [4.78, 5) is 76.2. The molecule has 3 aromatic rings. The molecular formula is C31H25N3O8. The third-order valence-electron chi connectivity index (χ3n) is 7.28. The van der Waals surface area contributed by atoms with Gasteiger partial charge in [0, 0.05) is 23.4 Å². The first kappa shape index (κ1) is 28.1. The monoisotopic (exact) mass is 567 g/mol. The highest BCUT2D eigenvalue weighted by atomic mass is 16.6. The van der Waals surface area contributed by atoms with E-state index in [0.717, 1.165) is 16.5 Å². The van der Waals surface area contributed by atoms with Crippen LogP contribution in [0.3, 0.4) is 0 Å². The molecule has 0 spiro atoms. The van der Waals surface area contributed by atoms with Crippen molar-refractivity contribution in [3.05, 3.63) is 111 Å². The number of benzene rings is 3. The fraction of sp³-hybridized carbons (Fsp3) is 0.194. The number of amides is 3. The summed E-state index contributed by atoms with van der Waals surface area (Å²) < 4.78 is 5.10. The minimum atomic E-state index is -0.843. The Hall–Kier alpha value is -5.45. The van der Waals surface area contributed by atoms with E-state index in [1.807, 2.05) is 13.0 Å². The molecule has 1 N–H and O–H groups in total. The van der Waals surface area contributed by atoms with Gasteiger partial charge in [-0.2, -0.15) is 0 Å². The van der Waals surface area contributed by atoms with Gasteiger partial charge in [0.2, 0.25) is 17.6 Å². The number of allylic oxidation sites excluding steroid dienone is 2. The van der Waals surface area contributed by atoms with Gasteiger partial charge in [-0.05, 0) is 50.1 Å². The van der Waals surface area contributed by atoms with Crippen molar-refractivity contribution in [3.63, 3.8) is 0 Å². The molecule has 1 heterocycles. The van der Waals surface area contributed by atoms with Crippen LogP contribution in [0.2, 0.25) is 0 Å². The molecule has 3 aromatic carbocycles. The highest BCUT2D eigenvalue weighted by Crippen LogP contribution is 2.40. The van der Waals surface area contributed by atoms with Crippen LogP contribution in [-0.2, 0) is 14.3 Å². The fourth-order valence-electron chi connectivity index (χ4n) is 5.15. The summed E-state index contributed by atoms with van der Waals surface area (Å²) in [6, 6.07) is 17.2. The first-order chi connectivity index (χ1) is 20.1. The lowest BCUT2D eigenvalue weighted by Crippen LogP contribution is -2.33. The van der Waals surface area contributed by atoms with E-state index in [4.69, 9.17) is 4.74 Å². The number of carbonyl (C=O) groups excluding carboxylic acids is 5. The lowest BCUT2D eigenvalue weighted by atomic mass is 9.82. The molecule has 2 atom stereocenters. The SMILES string of the molecule is CC1=CC[C@@H]2C(=O)N(c3ccccc3C(=O)Nc3cccc(C(=O)OCC(=O)c4cccc([N+](=O)[O-])c4)c3)C(=O)[C@H]2C1. The summed E-state index contributed by atoms with van der Waals surface area (Å²) >= 11 is 0. The maximum Gasteiger partial charge on any atom is 0.338 e. The average molecular weight is 568 g/mol. The van der Waals surface area contributed by atoms with E-state index >= 15 is 0 Å². The second-order valence-electron chi connectivity index (χ2n) is 10.1. The molecule has 5 rings (SSSR count). The molecule has 3 amide bonds. The van der Waals surface area contributed by atoms with Crippen LogP contribution in [-0.4, -0.2) is 41.0 Å². The lowest BCUT2D eigenvalue weighted by Gasteiger charge is -2.19. The number of carbonyl (C=O) groups is 5. The number of fused-ring (bicyclic) bond motifs is 1. The molecule has 0 unspecified atom stereocenters. The normalized spacial score (nSPS) is 17.7. The van der Waals surface area contributed by atoms with Crippen molar-refractivity contribution < 1.29 is 33.6 Å². The summed E-state index contributed by atoms with van der Waals surface area (Å²) in [7, 11) is 0. The van der Waals surface area contributed by atoms with Crippen molar-refractivity contribution >= 4 is 46.5 Å². The highest BCUT2D eigenvalue weighted by Gasteiger charge is 2.49. The van der Waals surface area contributed by atoms with Crippen molar-refractivity contribution in [1.29, 1.82) is 0 Å². The Morgan fingerprint density at radius 1 is 0.952 bits per heavy atom. The van der Waals surface area contributed by atoms with Gasteiger partial charge in [-0.15, -0.1) is 0 Å². The Morgan fingerprint density at radius 2 is 1.67 bits per heavy atom. The van der Waals surface area contributed by atoms with Crippen LogP contribution in [0.15, 0.2) is 84.4 Å². The van der Waals surface area contributed by atoms with E-state index in [1.54, 1.807) is 24.3 Å². The fourth-order valence-corrected chi connectivity index (χ4v) is 5.15. The number of esters is 1. The maximum atomic E-state index is 13.3. The van der Waals surface area contributed by atoms with Crippen molar-refractivity contribution in [3.8, 4) is 0 Å². The molecule has 2 aliphatic rings. The summed E-state index contributed by atoms with van der Waals surface area (Å²) in [5.74, 6) is -3.63. The largest absolute Gasteiger partial charge is 0.454 e. The molecular weight excluding hydrogens is 542 g/mol. The number of ether oxygens (including phenoxy) is 1. The van der Waals surface area contributed by atoms with Gasteiger partial charge >= 0.3 is 5.97 Å². The second-order valence-corrected chi connectivity index (χ2v) is 10.1. The van der Waals surface area contributed by atoms with Gasteiger partial charge in [0.15, 0.2) is 6.61 Å². The number of anilines is 2. The molecule has 1 aliphatic heterocycles. The minimum absolute atomic E-state index is 0.0253. The van der Waals surface area contributed by atoms with Crippen LogP contribution in [0.25, 0.3) is 0 Å². The van der Waals surface area contributed by atoms with Crippen molar-refractivity contribution in [2.24, 2.45) is 11.8 Å². The molecule has 212 valence electrons. The van der Waals surface area contributed by atoms with E-state index in [9.17, 15) is 34.1 Å². The molecule has 0 saturated carbocycles. The zero-order chi connectivity index (χ0) is 30.0. The second kappa shape index (κ2) is 11.6. The van der Waals surface area contributed by atoms with Gasteiger partial charge < -0.3 is 10.1 Å². The number of nitrogens with one attached hydrogen (secondary N) is 1. The topological polar surface area (TPSA) is 153 Å². The van der Waals surface area contributed by atoms with E-state index in [1.165, 1.54) is 42.5 Å². The summed E-state index contributed by atoms with van der Waals surface area (Å²) in [5.41, 5.74) is 1.40.